The molecule has 9 nitrogen and oxygen atoms in total. The minimum Gasteiger partial charge on any atom is -0.489 e. The quantitative estimate of drug-likeness (QED) is 0.527. The van der Waals surface area contributed by atoms with Crippen LogP contribution in [0.5, 0.6) is 5.75 Å². The van der Waals surface area contributed by atoms with Crippen LogP contribution < -0.4 is 10.1 Å². The van der Waals surface area contributed by atoms with Gasteiger partial charge in [0.05, 0.1) is 24.6 Å². The summed E-state index contributed by atoms with van der Waals surface area (Å²) in [7, 11) is -3.70. The summed E-state index contributed by atoms with van der Waals surface area (Å²) in [4.78, 5) is 12.8. The number of carbonyl (C=O) groups is 1. The number of carbonyl (C=O) groups excluding carboxylic acids is 1. The van der Waals surface area contributed by atoms with Crippen molar-refractivity contribution >= 4 is 21.6 Å². The van der Waals surface area contributed by atoms with Crippen LogP contribution >= 0.6 is 0 Å². The molecule has 3 aromatic rings. The Bertz CT molecular complexity index is 1230. The van der Waals surface area contributed by atoms with Crippen molar-refractivity contribution in [1.82, 2.24) is 14.1 Å². The smallest absolute Gasteiger partial charge is 0.246 e. The predicted octanol–water partition coefficient (Wildman–Crippen LogP) is 2.74. The van der Waals surface area contributed by atoms with E-state index in [9.17, 15) is 13.2 Å². The summed E-state index contributed by atoms with van der Waals surface area (Å²) in [5.41, 5.74) is 2.49. The van der Waals surface area contributed by atoms with E-state index in [1.165, 1.54) is 8.99 Å². The summed E-state index contributed by atoms with van der Waals surface area (Å²) in [6, 6.07) is 16.9. The average Bonchev–Trinajstić information content (AvgIpc) is 3.12. The molecule has 1 amide bonds. The lowest BCUT2D eigenvalue weighted by molar-refractivity contribution is -0.116. The van der Waals surface area contributed by atoms with E-state index in [-0.39, 0.29) is 17.3 Å². The fraction of sp³-hybridized carbons (Fsp3) is 0.333. The third-order valence-electron chi connectivity index (χ3n) is 5.56. The summed E-state index contributed by atoms with van der Waals surface area (Å²) in [5.74, 6) is 0.386. The molecule has 2 aromatic carbocycles. The molecular formula is C24H28N4O5S. The Balaban J connectivity index is 1.38. The van der Waals surface area contributed by atoms with Gasteiger partial charge in [0.1, 0.15) is 23.8 Å². The van der Waals surface area contributed by atoms with Crippen LogP contribution in [0.3, 0.4) is 0 Å². The Hall–Kier alpha value is -3.21. The molecule has 0 aliphatic carbocycles. The van der Waals surface area contributed by atoms with Gasteiger partial charge in [-0.05, 0) is 43.7 Å². The van der Waals surface area contributed by atoms with Crippen LogP contribution in [0.4, 0.5) is 5.69 Å². The molecule has 0 atom stereocenters. The fourth-order valence-corrected chi connectivity index (χ4v) is 5.62. The first-order chi connectivity index (χ1) is 16.3. The zero-order valence-corrected chi connectivity index (χ0v) is 20.0. The van der Waals surface area contributed by atoms with Gasteiger partial charge in [0.15, 0.2) is 0 Å². The van der Waals surface area contributed by atoms with Crippen molar-refractivity contribution in [3.63, 3.8) is 0 Å². The first-order valence-corrected chi connectivity index (χ1v) is 12.5. The minimum absolute atomic E-state index is 0.0996. The van der Waals surface area contributed by atoms with Gasteiger partial charge in [-0.25, -0.2) is 8.42 Å². The second kappa shape index (κ2) is 10.4. The van der Waals surface area contributed by atoms with E-state index >= 15 is 0 Å². The van der Waals surface area contributed by atoms with Crippen molar-refractivity contribution in [2.45, 2.75) is 31.9 Å². The Morgan fingerprint density at radius 1 is 1.06 bits per heavy atom. The number of hydrogen-bond acceptors (Lipinski definition) is 6. The minimum atomic E-state index is -3.70. The molecular weight excluding hydrogens is 456 g/mol. The van der Waals surface area contributed by atoms with Crippen LogP contribution in [0, 0.1) is 13.8 Å². The Morgan fingerprint density at radius 2 is 1.74 bits per heavy atom. The van der Waals surface area contributed by atoms with Crippen molar-refractivity contribution in [2.24, 2.45) is 0 Å². The Morgan fingerprint density at radius 3 is 2.41 bits per heavy atom. The predicted molar refractivity (Wildman–Crippen MR) is 127 cm³/mol. The SMILES string of the molecule is Cc1nn(CC(=O)Nc2ccc(OCc3ccccc3)cc2)c(C)c1S(=O)(=O)N1CCOCC1. The van der Waals surface area contributed by atoms with Gasteiger partial charge in [-0.1, -0.05) is 30.3 Å². The zero-order valence-electron chi connectivity index (χ0n) is 19.2. The van der Waals surface area contributed by atoms with Crippen LogP contribution in [-0.2, 0) is 32.7 Å². The zero-order chi connectivity index (χ0) is 24.1. The number of nitrogens with zero attached hydrogens (tertiary/aromatic N) is 3. The highest BCUT2D eigenvalue weighted by Crippen LogP contribution is 2.24. The Labute approximate surface area is 199 Å². The third kappa shape index (κ3) is 5.46. The van der Waals surface area contributed by atoms with E-state index in [1.807, 2.05) is 30.3 Å². The van der Waals surface area contributed by atoms with Gasteiger partial charge in [0.2, 0.25) is 15.9 Å². The second-order valence-electron chi connectivity index (χ2n) is 8.02. The number of anilines is 1. The summed E-state index contributed by atoms with van der Waals surface area (Å²) in [6.07, 6.45) is 0. The molecule has 4 rings (SSSR count). The van der Waals surface area contributed by atoms with E-state index in [0.29, 0.717) is 55.7 Å². The molecule has 1 aliphatic heterocycles. The number of morpholine rings is 1. The summed E-state index contributed by atoms with van der Waals surface area (Å²) >= 11 is 0. The third-order valence-corrected chi connectivity index (χ3v) is 7.71. The summed E-state index contributed by atoms with van der Waals surface area (Å²) < 4.78 is 40.1. The first-order valence-electron chi connectivity index (χ1n) is 11.0. The fourth-order valence-electron chi connectivity index (χ4n) is 3.84. The van der Waals surface area contributed by atoms with Crippen molar-refractivity contribution in [3.8, 4) is 5.75 Å². The number of benzene rings is 2. The highest BCUT2D eigenvalue weighted by molar-refractivity contribution is 7.89. The van der Waals surface area contributed by atoms with Gasteiger partial charge >= 0.3 is 0 Å². The number of nitrogens with one attached hydrogen (secondary N) is 1. The van der Waals surface area contributed by atoms with Gasteiger partial charge in [-0.2, -0.15) is 9.40 Å². The lowest BCUT2D eigenvalue weighted by Gasteiger charge is -2.26. The standard InChI is InChI=1S/C24H28N4O5S/c1-18-24(34(30,31)27-12-14-32-15-13-27)19(2)28(26-18)16-23(29)25-21-8-10-22(11-9-21)33-17-20-6-4-3-5-7-20/h3-11H,12-17H2,1-2H3,(H,25,29). The molecule has 1 fully saturated rings. The normalized spacial score (nSPS) is 14.6. The van der Waals surface area contributed by atoms with Crippen molar-refractivity contribution in [3.05, 3.63) is 71.5 Å². The monoisotopic (exact) mass is 484 g/mol. The summed E-state index contributed by atoms with van der Waals surface area (Å²) in [6.45, 7) is 5.00. The summed E-state index contributed by atoms with van der Waals surface area (Å²) in [5, 5.41) is 7.14. The molecule has 1 saturated heterocycles. The lowest BCUT2D eigenvalue weighted by Crippen LogP contribution is -2.41. The van der Waals surface area contributed by atoms with E-state index in [2.05, 4.69) is 10.4 Å². The molecule has 10 heteroatoms. The second-order valence-corrected chi connectivity index (χ2v) is 9.90. The van der Waals surface area contributed by atoms with Gasteiger partial charge < -0.3 is 14.8 Å². The molecule has 1 aromatic heterocycles. The maximum atomic E-state index is 13.1. The molecule has 0 unspecified atom stereocenters. The van der Waals surface area contributed by atoms with Crippen LogP contribution in [0.2, 0.25) is 0 Å². The number of aryl methyl sites for hydroxylation is 1. The number of aromatic nitrogens is 2. The van der Waals surface area contributed by atoms with Crippen molar-refractivity contribution < 1.29 is 22.7 Å². The molecule has 0 saturated carbocycles. The molecule has 34 heavy (non-hydrogen) atoms. The van der Waals surface area contributed by atoms with Crippen molar-refractivity contribution in [2.75, 3.05) is 31.6 Å². The highest BCUT2D eigenvalue weighted by Gasteiger charge is 2.32. The largest absolute Gasteiger partial charge is 0.489 e. The van der Waals surface area contributed by atoms with Gasteiger partial charge in [-0.15, -0.1) is 0 Å². The van der Waals surface area contributed by atoms with E-state index in [1.54, 1.807) is 38.1 Å². The van der Waals surface area contributed by atoms with Gasteiger partial charge in [0, 0.05) is 18.8 Å². The molecule has 0 radical (unpaired) electrons. The van der Waals surface area contributed by atoms with Crippen LogP contribution in [0.25, 0.3) is 0 Å². The van der Waals surface area contributed by atoms with E-state index in [0.717, 1.165) is 5.56 Å². The van der Waals surface area contributed by atoms with Crippen LogP contribution in [0.15, 0.2) is 59.5 Å². The van der Waals surface area contributed by atoms with Crippen LogP contribution in [-0.4, -0.2) is 54.7 Å². The number of rotatable bonds is 8. The molecule has 0 bridgehead atoms. The van der Waals surface area contributed by atoms with Crippen molar-refractivity contribution in [1.29, 1.82) is 0 Å². The maximum Gasteiger partial charge on any atom is 0.246 e. The Kier molecular flexibility index (Phi) is 7.30. The topological polar surface area (TPSA) is 103 Å². The average molecular weight is 485 g/mol. The van der Waals surface area contributed by atoms with Crippen LogP contribution in [0.1, 0.15) is 17.0 Å². The molecule has 2 heterocycles. The molecule has 180 valence electrons. The number of amides is 1. The molecule has 1 N–H and O–H groups in total. The number of ether oxygens (including phenoxy) is 2. The van der Waals surface area contributed by atoms with Gasteiger partial charge in [0.25, 0.3) is 0 Å². The highest BCUT2D eigenvalue weighted by atomic mass is 32.2. The van der Waals surface area contributed by atoms with E-state index in [4.69, 9.17) is 9.47 Å². The lowest BCUT2D eigenvalue weighted by atomic mass is 10.2. The maximum absolute atomic E-state index is 13.1. The first kappa shape index (κ1) is 23.9. The molecule has 1 aliphatic rings. The number of sulfonamides is 1. The van der Waals surface area contributed by atoms with E-state index < -0.39 is 10.0 Å². The van der Waals surface area contributed by atoms with Gasteiger partial charge in [-0.3, -0.25) is 9.48 Å². The number of hydrogen-bond donors (Lipinski definition) is 1. The molecule has 0 spiro atoms.